The second kappa shape index (κ2) is 7.29. The van der Waals surface area contributed by atoms with E-state index >= 15 is 0 Å². The van der Waals surface area contributed by atoms with Crippen LogP contribution in [0.2, 0.25) is 0 Å². The van der Waals surface area contributed by atoms with E-state index in [9.17, 15) is 9.90 Å². The van der Waals surface area contributed by atoms with Gasteiger partial charge in [-0.1, -0.05) is 43.7 Å². The average molecular weight is 263 g/mol. The molecule has 1 unspecified atom stereocenters. The van der Waals surface area contributed by atoms with E-state index in [4.69, 9.17) is 0 Å². The van der Waals surface area contributed by atoms with E-state index in [0.717, 1.165) is 25.8 Å². The van der Waals surface area contributed by atoms with E-state index in [1.54, 1.807) is 0 Å². The highest BCUT2D eigenvalue weighted by molar-refractivity contribution is 5.74. The minimum Gasteiger partial charge on any atom is -0.481 e. The minimum atomic E-state index is -0.694. The number of carboxylic acid groups (broad SMARTS) is 1. The lowest BCUT2D eigenvalue weighted by Gasteiger charge is -2.29. The van der Waals surface area contributed by atoms with Crippen molar-refractivity contribution in [3.05, 3.63) is 35.9 Å². The molecule has 3 heteroatoms. The van der Waals surface area contributed by atoms with Gasteiger partial charge in [-0.25, -0.2) is 0 Å². The fourth-order valence-corrected chi connectivity index (χ4v) is 2.44. The van der Waals surface area contributed by atoms with Crippen LogP contribution in [0.3, 0.4) is 0 Å². The largest absolute Gasteiger partial charge is 0.481 e. The molecule has 0 radical (unpaired) electrons. The Morgan fingerprint density at radius 2 is 1.95 bits per heavy atom. The second-order valence-corrected chi connectivity index (χ2v) is 5.59. The summed E-state index contributed by atoms with van der Waals surface area (Å²) < 4.78 is 0. The van der Waals surface area contributed by atoms with Gasteiger partial charge < -0.3 is 10.0 Å². The molecule has 19 heavy (non-hydrogen) atoms. The molecule has 0 saturated heterocycles. The van der Waals surface area contributed by atoms with Crippen LogP contribution in [0, 0.1) is 5.41 Å². The van der Waals surface area contributed by atoms with Crippen molar-refractivity contribution < 1.29 is 9.90 Å². The first-order chi connectivity index (χ1) is 8.98. The summed E-state index contributed by atoms with van der Waals surface area (Å²) in [6.45, 7) is 5.36. The molecular weight excluding hydrogens is 238 g/mol. The molecule has 0 fully saturated rings. The summed E-state index contributed by atoms with van der Waals surface area (Å²) in [5.74, 6) is -0.694. The van der Waals surface area contributed by atoms with Crippen LogP contribution < -0.4 is 0 Å². The SMILES string of the molecule is CCCC(C)(CN(C)CCc1ccccc1)C(=O)O. The number of hydrogen-bond donors (Lipinski definition) is 1. The number of carbonyl (C=O) groups is 1. The summed E-state index contributed by atoms with van der Waals surface area (Å²) in [6.07, 6.45) is 2.58. The highest BCUT2D eigenvalue weighted by Crippen LogP contribution is 2.24. The van der Waals surface area contributed by atoms with Crippen LogP contribution in [0.1, 0.15) is 32.3 Å². The van der Waals surface area contributed by atoms with Crippen LogP contribution in [0.15, 0.2) is 30.3 Å². The van der Waals surface area contributed by atoms with Gasteiger partial charge in [0.25, 0.3) is 0 Å². The molecule has 3 nitrogen and oxygen atoms in total. The van der Waals surface area contributed by atoms with Crippen LogP contribution in [-0.2, 0) is 11.2 Å². The van der Waals surface area contributed by atoms with Crippen LogP contribution in [-0.4, -0.2) is 36.1 Å². The topological polar surface area (TPSA) is 40.5 Å². The summed E-state index contributed by atoms with van der Waals surface area (Å²) in [5.41, 5.74) is 0.655. The number of rotatable bonds is 8. The van der Waals surface area contributed by atoms with Crippen molar-refractivity contribution in [1.82, 2.24) is 4.90 Å². The predicted octanol–water partition coefficient (Wildman–Crippen LogP) is 3.05. The van der Waals surface area contributed by atoms with Crippen LogP contribution >= 0.6 is 0 Å². The number of likely N-dealkylation sites (N-methyl/N-ethyl adjacent to an activating group) is 1. The quantitative estimate of drug-likeness (QED) is 0.783. The Morgan fingerprint density at radius 1 is 1.32 bits per heavy atom. The molecule has 106 valence electrons. The van der Waals surface area contributed by atoms with Crippen LogP contribution in [0.25, 0.3) is 0 Å². The fourth-order valence-electron chi connectivity index (χ4n) is 2.44. The van der Waals surface area contributed by atoms with Gasteiger partial charge in [0.05, 0.1) is 5.41 Å². The van der Waals surface area contributed by atoms with Crippen molar-refractivity contribution in [2.45, 2.75) is 33.1 Å². The molecule has 0 bridgehead atoms. The summed E-state index contributed by atoms with van der Waals surface area (Å²) in [6, 6.07) is 10.3. The molecule has 0 spiro atoms. The van der Waals surface area contributed by atoms with E-state index in [0.29, 0.717) is 6.54 Å². The molecule has 1 atom stereocenters. The van der Waals surface area contributed by atoms with E-state index in [1.807, 2.05) is 39.1 Å². The molecule has 1 aromatic rings. The third-order valence-electron chi connectivity index (χ3n) is 3.56. The highest BCUT2D eigenvalue weighted by atomic mass is 16.4. The monoisotopic (exact) mass is 263 g/mol. The molecule has 1 aromatic carbocycles. The van der Waals surface area contributed by atoms with Gasteiger partial charge in [-0.3, -0.25) is 4.79 Å². The van der Waals surface area contributed by atoms with Gasteiger partial charge in [-0.2, -0.15) is 0 Å². The third-order valence-corrected chi connectivity index (χ3v) is 3.56. The molecule has 0 aliphatic rings. The van der Waals surface area contributed by atoms with Gasteiger partial charge in [0.2, 0.25) is 0 Å². The lowest BCUT2D eigenvalue weighted by molar-refractivity contribution is -0.149. The molecule has 0 aromatic heterocycles. The van der Waals surface area contributed by atoms with Gasteiger partial charge >= 0.3 is 5.97 Å². The zero-order valence-electron chi connectivity index (χ0n) is 12.2. The molecule has 0 heterocycles. The van der Waals surface area contributed by atoms with Crippen molar-refractivity contribution in [3.63, 3.8) is 0 Å². The number of carboxylic acids is 1. The Balaban J connectivity index is 2.49. The third kappa shape index (κ3) is 5.03. The Labute approximate surface area is 116 Å². The highest BCUT2D eigenvalue weighted by Gasteiger charge is 2.33. The van der Waals surface area contributed by atoms with Crippen LogP contribution in [0.4, 0.5) is 0 Å². The van der Waals surface area contributed by atoms with Gasteiger partial charge in [-0.05, 0) is 32.4 Å². The van der Waals surface area contributed by atoms with E-state index in [1.165, 1.54) is 5.56 Å². The second-order valence-electron chi connectivity index (χ2n) is 5.59. The number of hydrogen-bond acceptors (Lipinski definition) is 2. The first-order valence-electron chi connectivity index (χ1n) is 6.94. The molecular formula is C16H25NO2. The molecule has 1 N–H and O–H groups in total. The summed E-state index contributed by atoms with van der Waals surface area (Å²) >= 11 is 0. The van der Waals surface area contributed by atoms with Gasteiger partial charge in [0, 0.05) is 13.1 Å². The number of aliphatic carboxylic acids is 1. The van der Waals surface area contributed by atoms with Gasteiger partial charge in [0.1, 0.15) is 0 Å². The first-order valence-corrected chi connectivity index (χ1v) is 6.94. The molecule has 0 saturated carbocycles. The Bertz CT molecular complexity index is 391. The van der Waals surface area contributed by atoms with Gasteiger partial charge in [-0.15, -0.1) is 0 Å². The number of nitrogens with zero attached hydrogens (tertiary/aromatic N) is 1. The maximum absolute atomic E-state index is 11.4. The summed E-state index contributed by atoms with van der Waals surface area (Å²) in [5, 5.41) is 9.37. The summed E-state index contributed by atoms with van der Waals surface area (Å²) in [7, 11) is 2.00. The Hall–Kier alpha value is -1.35. The Kier molecular flexibility index (Phi) is 6.03. The number of benzene rings is 1. The van der Waals surface area contributed by atoms with E-state index in [2.05, 4.69) is 17.0 Å². The van der Waals surface area contributed by atoms with E-state index in [-0.39, 0.29) is 0 Å². The molecule has 1 rings (SSSR count). The zero-order valence-corrected chi connectivity index (χ0v) is 12.2. The lowest BCUT2D eigenvalue weighted by atomic mass is 9.85. The van der Waals surface area contributed by atoms with Crippen molar-refractivity contribution in [2.24, 2.45) is 5.41 Å². The molecule has 0 aliphatic heterocycles. The van der Waals surface area contributed by atoms with Crippen molar-refractivity contribution in [3.8, 4) is 0 Å². The van der Waals surface area contributed by atoms with Crippen molar-refractivity contribution in [1.29, 1.82) is 0 Å². The van der Waals surface area contributed by atoms with E-state index < -0.39 is 11.4 Å². The maximum Gasteiger partial charge on any atom is 0.310 e. The molecule has 0 amide bonds. The predicted molar refractivity (Wildman–Crippen MR) is 78.3 cm³/mol. The Morgan fingerprint density at radius 3 is 2.47 bits per heavy atom. The molecule has 0 aliphatic carbocycles. The smallest absolute Gasteiger partial charge is 0.310 e. The summed E-state index contributed by atoms with van der Waals surface area (Å²) in [4.78, 5) is 13.5. The standard InChI is InChI=1S/C16H25NO2/c1-4-11-16(2,15(18)19)13-17(3)12-10-14-8-6-5-7-9-14/h5-9H,4,10-13H2,1-3H3,(H,18,19). The van der Waals surface area contributed by atoms with Crippen LogP contribution in [0.5, 0.6) is 0 Å². The van der Waals surface area contributed by atoms with Crippen molar-refractivity contribution in [2.75, 3.05) is 20.1 Å². The van der Waals surface area contributed by atoms with Gasteiger partial charge in [0.15, 0.2) is 0 Å². The lowest BCUT2D eigenvalue weighted by Crippen LogP contribution is -2.40. The minimum absolute atomic E-state index is 0.600. The van der Waals surface area contributed by atoms with Crippen molar-refractivity contribution >= 4 is 5.97 Å². The fraction of sp³-hybridized carbons (Fsp3) is 0.562. The zero-order chi connectivity index (χ0) is 14.3. The maximum atomic E-state index is 11.4. The normalized spacial score (nSPS) is 14.3. The average Bonchev–Trinajstić information content (AvgIpc) is 2.37. The first kappa shape index (κ1) is 15.7.